The standard InChI is InChI=1S/C18H20N6O/c1-24-11-15(10-20-24)12-4-5-16-14(7-12)8-17(23-22-16)21-18(25)13-3-2-6-19-9-13/h4-5,7-8,10-11,13,19H,2-3,6,9H2,1H3,(H,21,23,25)/t13-/m0/s1. The van der Waals surface area contributed by atoms with Crippen LogP contribution in [0.3, 0.4) is 0 Å². The summed E-state index contributed by atoms with van der Waals surface area (Å²) in [6, 6.07) is 7.84. The lowest BCUT2D eigenvalue weighted by Gasteiger charge is -2.21. The number of amides is 1. The maximum atomic E-state index is 12.4. The second-order valence-corrected chi connectivity index (χ2v) is 6.44. The van der Waals surface area contributed by atoms with Gasteiger partial charge in [0, 0.05) is 30.7 Å². The molecule has 1 saturated heterocycles. The first-order chi connectivity index (χ1) is 12.2. The van der Waals surface area contributed by atoms with Crippen molar-refractivity contribution in [1.82, 2.24) is 25.3 Å². The Labute approximate surface area is 145 Å². The Morgan fingerprint density at radius 2 is 2.20 bits per heavy atom. The number of hydrogen-bond donors (Lipinski definition) is 2. The van der Waals surface area contributed by atoms with Crippen molar-refractivity contribution in [1.29, 1.82) is 0 Å². The number of nitrogens with zero attached hydrogens (tertiary/aromatic N) is 4. The van der Waals surface area contributed by atoms with Gasteiger partial charge in [-0.3, -0.25) is 9.48 Å². The predicted octanol–water partition coefficient (Wildman–Crippen LogP) is 1.97. The van der Waals surface area contributed by atoms with Crippen molar-refractivity contribution in [3.05, 3.63) is 36.7 Å². The van der Waals surface area contributed by atoms with Crippen molar-refractivity contribution in [3.8, 4) is 11.1 Å². The highest BCUT2D eigenvalue weighted by atomic mass is 16.2. The molecule has 0 bridgehead atoms. The third-order valence-electron chi connectivity index (χ3n) is 4.54. The molecule has 1 aliphatic rings. The van der Waals surface area contributed by atoms with Crippen molar-refractivity contribution < 1.29 is 4.79 Å². The third-order valence-corrected chi connectivity index (χ3v) is 4.54. The van der Waals surface area contributed by atoms with Crippen LogP contribution in [0.15, 0.2) is 36.7 Å². The van der Waals surface area contributed by atoms with Crippen molar-refractivity contribution in [2.24, 2.45) is 13.0 Å². The van der Waals surface area contributed by atoms with Gasteiger partial charge in [0.05, 0.1) is 17.6 Å². The van der Waals surface area contributed by atoms with Gasteiger partial charge in [0.15, 0.2) is 5.82 Å². The Morgan fingerprint density at radius 3 is 2.96 bits per heavy atom. The SMILES string of the molecule is Cn1cc(-c2ccc3nnc(NC(=O)[C@H]4CCCNC4)cc3c2)cn1. The fourth-order valence-corrected chi connectivity index (χ4v) is 3.16. The van der Waals surface area contributed by atoms with Crippen LogP contribution in [0.1, 0.15) is 12.8 Å². The number of rotatable bonds is 3. The molecule has 4 rings (SSSR count). The van der Waals surface area contributed by atoms with Crippen molar-refractivity contribution >= 4 is 22.6 Å². The van der Waals surface area contributed by atoms with Gasteiger partial charge in [-0.25, -0.2) is 0 Å². The fraction of sp³-hybridized carbons (Fsp3) is 0.333. The summed E-state index contributed by atoms with van der Waals surface area (Å²) in [6.07, 6.45) is 5.73. The van der Waals surface area contributed by atoms with Crippen LogP contribution < -0.4 is 10.6 Å². The Balaban J connectivity index is 1.59. The van der Waals surface area contributed by atoms with Gasteiger partial charge in [-0.2, -0.15) is 5.10 Å². The smallest absolute Gasteiger partial charge is 0.229 e. The van der Waals surface area contributed by atoms with Crippen LogP contribution >= 0.6 is 0 Å². The third kappa shape index (κ3) is 3.36. The summed E-state index contributed by atoms with van der Waals surface area (Å²) >= 11 is 0. The number of nitrogens with one attached hydrogen (secondary N) is 2. The molecule has 7 heteroatoms. The van der Waals surface area contributed by atoms with Gasteiger partial charge in [-0.1, -0.05) is 6.07 Å². The maximum absolute atomic E-state index is 12.4. The van der Waals surface area contributed by atoms with E-state index in [-0.39, 0.29) is 11.8 Å². The molecule has 1 aromatic carbocycles. The fourth-order valence-electron chi connectivity index (χ4n) is 3.16. The molecule has 0 aliphatic carbocycles. The number of benzene rings is 1. The molecule has 25 heavy (non-hydrogen) atoms. The predicted molar refractivity (Wildman–Crippen MR) is 96.0 cm³/mol. The number of carbonyl (C=O) groups is 1. The lowest BCUT2D eigenvalue weighted by atomic mass is 9.99. The highest BCUT2D eigenvalue weighted by Crippen LogP contribution is 2.24. The van der Waals surface area contributed by atoms with Crippen LogP contribution in [0.2, 0.25) is 0 Å². The topological polar surface area (TPSA) is 84.7 Å². The van der Waals surface area contributed by atoms with Crippen LogP contribution in [-0.2, 0) is 11.8 Å². The number of piperidine rings is 1. The van der Waals surface area contributed by atoms with Crippen molar-refractivity contribution in [2.45, 2.75) is 12.8 Å². The normalized spacial score (nSPS) is 17.6. The Morgan fingerprint density at radius 1 is 1.28 bits per heavy atom. The molecule has 1 aliphatic heterocycles. The molecule has 1 atom stereocenters. The van der Waals surface area contributed by atoms with Gasteiger partial charge in [-0.05, 0) is 43.1 Å². The molecular weight excluding hydrogens is 316 g/mol. The maximum Gasteiger partial charge on any atom is 0.229 e. The van der Waals surface area contributed by atoms with E-state index in [0.717, 1.165) is 48.0 Å². The lowest BCUT2D eigenvalue weighted by molar-refractivity contribution is -0.120. The average Bonchev–Trinajstić information content (AvgIpc) is 3.08. The minimum Gasteiger partial charge on any atom is -0.316 e. The monoisotopic (exact) mass is 336 g/mol. The molecule has 0 saturated carbocycles. The van der Waals surface area contributed by atoms with Gasteiger partial charge in [-0.15, -0.1) is 10.2 Å². The minimum atomic E-state index is -0.00651. The van der Waals surface area contributed by atoms with E-state index in [1.165, 1.54) is 0 Å². The summed E-state index contributed by atoms with van der Waals surface area (Å²) in [5.74, 6) is 0.489. The van der Waals surface area contributed by atoms with Gasteiger partial charge in [0.25, 0.3) is 0 Å². The van der Waals surface area contributed by atoms with Crippen molar-refractivity contribution in [3.63, 3.8) is 0 Å². The van der Waals surface area contributed by atoms with Crippen LogP contribution in [0.5, 0.6) is 0 Å². The van der Waals surface area contributed by atoms with E-state index in [1.54, 1.807) is 4.68 Å². The summed E-state index contributed by atoms with van der Waals surface area (Å²) in [5.41, 5.74) is 2.90. The number of aryl methyl sites for hydroxylation is 1. The second kappa shape index (κ2) is 6.60. The number of aromatic nitrogens is 4. The summed E-state index contributed by atoms with van der Waals surface area (Å²) in [7, 11) is 1.89. The Bertz CT molecular complexity index is 913. The Hall–Kier alpha value is -2.80. The van der Waals surface area contributed by atoms with E-state index < -0.39 is 0 Å². The number of hydrogen-bond acceptors (Lipinski definition) is 5. The lowest BCUT2D eigenvalue weighted by Crippen LogP contribution is -2.37. The zero-order valence-corrected chi connectivity index (χ0v) is 14.1. The van der Waals surface area contributed by atoms with E-state index >= 15 is 0 Å². The van der Waals surface area contributed by atoms with Crippen LogP contribution in [-0.4, -0.2) is 39.0 Å². The second-order valence-electron chi connectivity index (χ2n) is 6.44. The largest absolute Gasteiger partial charge is 0.316 e. The zero-order valence-electron chi connectivity index (χ0n) is 14.1. The molecule has 0 unspecified atom stereocenters. The van der Waals surface area contributed by atoms with E-state index in [0.29, 0.717) is 5.82 Å². The average molecular weight is 336 g/mol. The van der Waals surface area contributed by atoms with E-state index in [2.05, 4.69) is 25.9 Å². The van der Waals surface area contributed by atoms with Crippen LogP contribution in [0.4, 0.5) is 5.82 Å². The molecular formula is C18H20N6O. The van der Waals surface area contributed by atoms with Gasteiger partial charge < -0.3 is 10.6 Å². The summed E-state index contributed by atoms with van der Waals surface area (Å²) in [5, 5.41) is 19.6. The molecule has 2 N–H and O–H groups in total. The van der Waals surface area contributed by atoms with E-state index in [9.17, 15) is 4.79 Å². The van der Waals surface area contributed by atoms with Gasteiger partial charge in [0.1, 0.15) is 0 Å². The van der Waals surface area contributed by atoms with Crippen molar-refractivity contribution in [2.75, 3.05) is 18.4 Å². The first kappa shape index (κ1) is 15.7. The summed E-state index contributed by atoms with van der Waals surface area (Å²) in [4.78, 5) is 12.4. The molecule has 128 valence electrons. The molecule has 3 heterocycles. The van der Waals surface area contributed by atoms with Gasteiger partial charge >= 0.3 is 0 Å². The number of anilines is 1. The van der Waals surface area contributed by atoms with E-state index in [1.807, 2.05) is 43.7 Å². The van der Waals surface area contributed by atoms with Gasteiger partial charge in [0.2, 0.25) is 5.91 Å². The van der Waals surface area contributed by atoms with Crippen LogP contribution in [0, 0.1) is 5.92 Å². The zero-order chi connectivity index (χ0) is 17.2. The molecule has 3 aromatic rings. The minimum absolute atomic E-state index is 0.00395. The Kier molecular flexibility index (Phi) is 4.15. The highest BCUT2D eigenvalue weighted by molar-refractivity contribution is 5.94. The molecule has 0 spiro atoms. The molecule has 1 amide bonds. The first-order valence-corrected chi connectivity index (χ1v) is 8.47. The highest BCUT2D eigenvalue weighted by Gasteiger charge is 2.21. The molecule has 1 fully saturated rings. The quantitative estimate of drug-likeness (QED) is 0.764. The summed E-state index contributed by atoms with van der Waals surface area (Å²) in [6.45, 7) is 1.70. The number of fused-ring (bicyclic) bond motifs is 1. The van der Waals surface area contributed by atoms with E-state index in [4.69, 9.17) is 0 Å². The molecule has 7 nitrogen and oxygen atoms in total. The molecule has 2 aromatic heterocycles. The first-order valence-electron chi connectivity index (χ1n) is 8.47. The number of carbonyl (C=O) groups excluding carboxylic acids is 1. The molecule has 0 radical (unpaired) electrons. The van der Waals surface area contributed by atoms with Crippen LogP contribution in [0.25, 0.3) is 22.0 Å². The summed E-state index contributed by atoms with van der Waals surface area (Å²) < 4.78 is 1.77.